The Morgan fingerprint density at radius 3 is 2.78 bits per heavy atom. The van der Waals surface area contributed by atoms with E-state index in [1.165, 1.54) is 47.0 Å². The molecule has 1 saturated heterocycles. The Morgan fingerprint density at radius 1 is 1.33 bits per heavy atom. The number of aryl methyl sites for hydroxylation is 1. The van der Waals surface area contributed by atoms with E-state index in [2.05, 4.69) is 75.8 Å². The number of fused-ring (bicyclic) bond motifs is 2. The zero-order valence-electron chi connectivity index (χ0n) is 16.7. The zero-order valence-corrected chi connectivity index (χ0v) is 19.1. The SMILES string of the molecule is CCN(CC)C(=S)Nn1c(Br)c2c3c(cc(C)cc31)[C@H]1CCCN(C)[C@@H]1C2. The average molecular weight is 449 g/mol. The van der Waals surface area contributed by atoms with E-state index < -0.39 is 0 Å². The van der Waals surface area contributed by atoms with Crippen molar-refractivity contribution >= 4 is 44.2 Å². The van der Waals surface area contributed by atoms with Crippen molar-refractivity contribution in [3.05, 3.63) is 33.4 Å². The van der Waals surface area contributed by atoms with E-state index in [1.54, 1.807) is 0 Å². The molecule has 0 unspecified atom stereocenters. The number of benzene rings is 1. The van der Waals surface area contributed by atoms with Gasteiger partial charge in [0.15, 0.2) is 5.11 Å². The third-order valence-corrected chi connectivity index (χ3v) is 7.59. The van der Waals surface area contributed by atoms with Gasteiger partial charge < -0.3 is 9.80 Å². The molecule has 1 aliphatic heterocycles. The van der Waals surface area contributed by atoms with E-state index in [0.29, 0.717) is 12.0 Å². The van der Waals surface area contributed by atoms with Gasteiger partial charge in [0.1, 0.15) is 4.60 Å². The van der Waals surface area contributed by atoms with Gasteiger partial charge in [0, 0.05) is 30.4 Å². The monoisotopic (exact) mass is 448 g/mol. The van der Waals surface area contributed by atoms with Crippen molar-refractivity contribution in [1.82, 2.24) is 14.5 Å². The number of likely N-dealkylation sites (tertiary alicyclic amines) is 1. The predicted octanol–water partition coefficient (Wildman–Crippen LogP) is 4.62. The van der Waals surface area contributed by atoms with Crippen LogP contribution in [0, 0.1) is 6.92 Å². The summed E-state index contributed by atoms with van der Waals surface area (Å²) in [5.74, 6) is 0.635. The number of nitrogens with one attached hydrogen (secondary N) is 1. The third-order valence-electron chi connectivity index (χ3n) is 6.41. The summed E-state index contributed by atoms with van der Waals surface area (Å²) in [4.78, 5) is 4.74. The summed E-state index contributed by atoms with van der Waals surface area (Å²) in [5.41, 5.74) is 9.01. The highest BCUT2D eigenvalue weighted by Gasteiger charge is 2.38. The fourth-order valence-corrected chi connectivity index (χ4v) is 5.99. The second-order valence-corrected chi connectivity index (χ2v) is 9.08. The molecule has 0 saturated carbocycles. The number of thiocarbonyl (C=S) groups is 1. The number of aromatic nitrogens is 1. The molecule has 6 heteroatoms. The predicted molar refractivity (Wildman–Crippen MR) is 121 cm³/mol. The number of likely N-dealkylation sites (N-methyl/N-ethyl adjacent to an activating group) is 1. The van der Waals surface area contributed by atoms with Gasteiger partial charge in [-0.1, -0.05) is 6.07 Å². The zero-order chi connectivity index (χ0) is 19.3. The van der Waals surface area contributed by atoms with Gasteiger partial charge in [0.05, 0.1) is 5.52 Å². The molecule has 0 bridgehead atoms. The largest absolute Gasteiger partial charge is 0.348 e. The molecule has 2 aliphatic rings. The van der Waals surface area contributed by atoms with Crippen LogP contribution < -0.4 is 5.43 Å². The van der Waals surface area contributed by atoms with Crippen molar-refractivity contribution in [2.24, 2.45) is 0 Å². The maximum Gasteiger partial charge on any atom is 0.188 e. The van der Waals surface area contributed by atoms with Crippen LogP contribution in [0.5, 0.6) is 0 Å². The molecule has 1 aromatic carbocycles. The lowest BCUT2D eigenvalue weighted by molar-refractivity contribution is 0.157. The van der Waals surface area contributed by atoms with Gasteiger partial charge in [0.2, 0.25) is 0 Å². The van der Waals surface area contributed by atoms with Crippen molar-refractivity contribution < 1.29 is 0 Å². The Balaban J connectivity index is 1.85. The van der Waals surface area contributed by atoms with Crippen molar-refractivity contribution in [2.75, 3.05) is 32.1 Å². The summed E-state index contributed by atoms with van der Waals surface area (Å²) in [6.07, 6.45) is 3.68. The number of hydrogen-bond donors (Lipinski definition) is 1. The molecule has 1 N–H and O–H groups in total. The van der Waals surface area contributed by atoms with E-state index in [4.69, 9.17) is 12.2 Å². The lowest BCUT2D eigenvalue weighted by atomic mass is 9.75. The van der Waals surface area contributed by atoms with E-state index in [0.717, 1.165) is 29.2 Å². The Labute approximate surface area is 176 Å². The number of piperidine rings is 1. The molecule has 0 amide bonds. The second kappa shape index (κ2) is 7.37. The van der Waals surface area contributed by atoms with Crippen molar-refractivity contribution in [3.8, 4) is 0 Å². The highest BCUT2D eigenvalue weighted by molar-refractivity contribution is 9.10. The van der Waals surface area contributed by atoms with E-state index in [-0.39, 0.29) is 0 Å². The summed E-state index contributed by atoms with van der Waals surface area (Å²) < 4.78 is 3.29. The molecule has 2 heterocycles. The molecule has 1 fully saturated rings. The first-order chi connectivity index (χ1) is 13.0. The minimum absolute atomic E-state index is 0.595. The Hall–Kier alpha value is -1.11. The molecule has 0 spiro atoms. The molecule has 4 rings (SSSR count). The first kappa shape index (κ1) is 19.2. The average Bonchev–Trinajstić information content (AvgIpc) is 2.90. The Kier molecular flexibility index (Phi) is 5.25. The maximum atomic E-state index is 5.69. The molecule has 27 heavy (non-hydrogen) atoms. The lowest BCUT2D eigenvalue weighted by Crippen LogP contribution is -2.44. The number of nitrogens with zero attached hydrogens (tertiary/aromatic N) is 3. The van der Waals surface area contributed by atoms with Crippen LogP contribution in [0.1, 0.15) is 49.3 Å². The van der Waals surface area contributed by atoms with Crippen LogP contribution in [0.4, 0.5) is 0 Å². The lowest BCUT2D eigenvalue weighted by Gasteiger charge is -2.42. The molecule has 4 nitrogen and oxygen atoms in total. The molecule has 2 aromatic rings. The maximum absolute atomic E-state index is 5.69. The molecule has 1 aromatic heterocycles. The molecule has 146 valence electrons. The normalized spacial score (nSPS) is 22.0. The fraction of sp³-hybridized carbons (Fsp3) is 0.571. The third kappa shape index (κ3) is 3.10. The summed E-state index contributed by atoms with van der Waals surface area (Å²) >= 11 is 9.60. The molecule has 0 radical (unpaired) electrons. The van der Waals surface area contributed by atoms with E-state index >= 15 is 0 Å². The van der Waals surface area contributed by atoms with Crippen LogP contribution in [0.15, 0.2) is 16.7 Å². The topological polar surface area (TPSA) is 23.4 Å². The van der Waals surface area contributed by atoms with Gasteiger partial charge >= 0.3 is 0 Å². The highest BCUT2D eigenvalue weighted by Crippen LogP contribution is 2.46. The summed E-state index contributed by atoms with van der Waals surface area (Å²) in [6, 6.07) is 5.30. The summed E-state index contributed by atoms with van der Waals surface area (Å²) in [6.45, 7) is 9.51. The molecular weight excluding hydrogens is 420 g/mol. The quantitative estimate of drug-likeness (QED) is 0.692. The molecule has 2 atom stereocenters. The van der Waals surface area contributed by atoms with E-state index in [9.17, 15) is 0 Å². The van der Waals surface area contributed by atoms with Crippen LogP contribution in [0.2, 0.25) is 0 Å². The minimum Gasteiger partial charge on any atom is -0.348 e. The van der Waals surface area contributed by atoms with Crippen LogP contribution in [-0.2, 0) is 6.42 Å². The van der Waals surface area contributed by atoms with Gasteiger partial charge in [-0.2, -0.15) is 0 Å². The molecule has 1 aliphatic carbocycles. The summed E-state index contributed by atoms with van der Waals surface area (Å²) in [7, 11) is 2.29. The van der Waals surface area contributed by atoms with Crippen LogP contribution in [-0.4, -0.2) is 52.3 Å². The summed E-state index contributed by atoms with van der Waals surface area (Å²) in [5, 5.41) is 2.21. The minimum atomic E-state index is 0.595. The molecular formula is C21H29BrN4S. The van der Waals surface area contributed by atoms with Gasteiger partial charge in [-0.15, -0.1) is 0 Å². The van der Waals surface area contributed by atoms with Crippen molar-refractivity contribution in [2.45, 2.75) is 52.0 Å². The van der Waals surface area contributed by atoms with Gasteiger partial charge in [-0.05, 0) is 105 Å². The van der Waals surface area contributed by atoms with Crippen LogP contribution in [0.25, 0.3) is 10.9 Å². The standard InChI is InChI=1S/C21H29BrN4S/c1-5-25(6-2)21(27)23-26-18-11-13(3)10-15-14-8-7-9-24(4)17(14)12-16(19(15)18)20(26)22/h10-11,14,17H,5-9,12H2,1-4H3,(H,23,27)/t14-,17-/m1/s1. The number of halogens is 1. The van der Waals surface area contributed by atoms with Gasteiger partial charge in [0.25, 0.3) is 0 Å². The van der Waals surface area contributed by atoms with E-state index in [1.807, 2.05) is 0 Å². The first-order valence-corrected chi connectivity index (χ1v) is 11.3. The van der Waals surface area contributed by atoms with Crippen molar-refractivity contribution in [3.63, 3.8) is 0 Å². The van der Waals surface area contributed by atoms with Gasteiger partial charge in [-0.25, -0.2) is 4.68 Å². The fourth-order valence-electron chi connectivity index (χ4n) is 5.01. The number of rotatable bonds is 3. The second-order valence-electron chi connectivity index (χ2n) is 7.94. The van der Waals surface area contributed by atoms with Crippen LogP contribution in [0.3, 0.4) is 0 Å². The smallest absolute Gasteiger partial charge is 0.188 e. The Bertz CT molecular complexity index is 886. The van der Waals surface area contributed by atoms with Crippen molar-refractivity contribution in [1.29, 1.82) is 0 Å². The first-order valence-electron chi connectivity index (χ1n) is 10.1. The Morgan fingerprint density at radius 2 is 2.07 bits per heavy atom. The number of hydrogen-bond acceptors (Lipinski definition) is 2. The van der Waals surface area contributed by atoms with Crippen LogP contribution >= 0.6 is 28.1 Å². The highest BCUT2D eigenvalue weighted by atomic mass is 79.9. The van der Waals surface area contributed by atoms with Gasteiger partial charge in [-0.3, -0.25) is 5.43 Å².